The van der Waals surface area contributed by atoms with Gasteiger partial charge in [0.05, 0.1) is 6.61 Å². The lowest BCUT2D eigenvalue weighted by atomic mass is 9.79. The summed E-state index contributed by atoms with van der Waals surface area (Å²) < 4.78 is 10.7. The number of rotatable bonds is 6. The topological polar surface area (TPSA) is 55.8 Å². The first kappa shape index (κ1) is 20.0. The van der Waals surface area contributed by atoms with Gasteiger partial charge in [0.15, 0.2) is 0 Å². The maximum atomic E-state index is 12.6. The van der Waals surface area contributed by atoms with E-state index in [1.165, 1.54) is 0 Å². The summed E-state index contributed by atoms with van der Waals surface area (Å²) in [5.41, 5.74) is 0.152. The van der Waals surface area contributed by atoms with Gasteiger partial charge in [-0.05, 0) is 31.2 Å². The van der Waals surface area contributed by atoms with Gasteiger partial charge in [-0.15, -0.1) is 0 Å². The van der Waals surface area contributed by atoms with Gasteiger partial charge in [-0.1, -0.05) is 56.3 Å². The molecule has 1 amide bonds. The Morgan fingerprint density at radius 2 is 1.96 bits per heavy atom. The van der Waals surface area contributed by atoms with Crippen LogP contribution in [-0.2, 0) is 20.9 Å². The molecule has 0 N–H and O–H groups in total. The standard InChI is InChI=1S/C21H29NO4/c1-4-25-19(23)21(13-11-17(2)3)12-8-14-22(16-21)20(24)26-15-18-9-6-5-7-10-18/h5-7,9-11,13,17H,4,8,12,14-16H2,1-3H3. The van der Waals surface area contributed by atoms with Crippen molar-refractivity contribution in [2.45, 2.75) is 40.2 Å². The number of likely N-dealkylation sites (tertiary alicyclic amines) is 1. The van der Waals surface area contributed by atoms with Crippen LogP contribution in [0.5, 0.6) is 0 Å². The molecule has 5 heteroatoms. The van der Waals surface area contributed by atoms with Crippen LogP contribution in [-0.4, -0.2) is 36.7 Å². The second-order valence-electron chi connectivity index (χ2n) is 7.05. The van der Waals surface area contributed by atoms with Gasteiger partial charge in [-0.25, -0.2) is 4.79 Å². The van der Waals surface area contributed by atoms with E-state index in [1.54, 1.807) is 11.8 Å². The summed E-state index contributed by atoms with van der Waals surface area (Å²) in [7, 11) is 0. The maximum Gasteiger partial charge on any atom is 0.410 e. The number of benzene rings is 1. The zero-order valence-electron chi connectivity index (χ0n) is 15.9. The zero-order chi connectivity index (χ0) is 19.0. The van der Waals surface area contributed by atoms with Crippen molar-refractivity contribution < 1.29 is 19.1 Å². The van der Waals surface area contributed by atoms with Crippen molar-refractivity contribution in [2.24, 2.45) is 11.3 Å². The molecule has 5 nitrogen and oxygen atoms in total. The number of piperidine rings is 1. The summed E-state index contributed by atoms with van der Waals surface area (Å²) in [6.45, 7) is 7.35. The molecule has 0 aromatic heterocycles. The number of carbonyl (C=O) groups is 2. The SMILES string of the molecule is CCOC(=O)C1(C=CC(C)C)CCCN(C(=O)OCc2ccccc2)C1. The van der Waals surface area contributed by atoms with E-state index >= 15 is 0 Å². The Hall–Kier alpha value is -2.30. The van der Waals surface area contributed by atoms with Crippen molar-refractivity contribution in [1.82, 2.24) is 4.90 Å². The Morgan fingerprint density at radius 1 is 1.23 bits per heavy atom. The molecule has 0 aliphatic carbocycles. The molecule has 1 fully saturated rings. The number of ether oxygens (including phenoxy) is 2. The van der Waals surface area contributed by atoms with E-state index in [0.717, 1.165) is 12.0 Å². The average molecular weight is 359 g/mol. The molecule has 2 rings (SSSR count). The number of hydrogen-bond donors (Lipinski definition) is 0. The fourth-order valence-electron chi connectivity index (χ4n) is 3.07. The van der Waals surface area contributed by atoms with Crippen molar-refractivity contribution in [2.75, 3.05) is 19.7 Å². The molecule has 0 saturated carbocycles. The average Bonchev–Trinajstić information content (AvgIpc) is 2.65. The van der Waals surface area contributed by atoms with Crippen LogP contribution in [0.4, 0.5) is 4.79 Å². The zero-order valence-corrected chi connectivity index (χ0v) is 15.9. The van der Waals surface area contributed by atoms with Gasteiger partial charge in [0, 0.05) is 13.1 Å². The van der Waals surface area contributed by atoms with Crippen molar-refractivity contribution in [3.8, 4) is 0 Å². The third-order valence-electron chi connectivity index (χ3n) is 4.47. The maximum absolute atomic E-state index is 12.6. The third-order valence-corrected chi connectivity index (χ3v) is 4.47. The molecule has 26 heavy (non-hydrogen) atoms. The normalized spacial score (nSPS) is 20.4. The fraction of sp³-hybridized carbons (Fsp3) is 0.524. The van der Waals surface area contributed by atoms with Crippen LogP contribution in [0.2, 0.25) is 0 Å². The van der Waals surface area contributed by atoms with Gasteiger partial charge in [-0.3, -0.25) is 4.79 Å². The minimum absolute atomic E-state index is 0.227. The Kier molecular flexibility index (Phi) is 7.25. The smallest absolute Gasteiger partial charge is 0.410 e. The molecule has 0 spiro atoms. The summed E-state index contributed by atoms with van der Waals surface area (Å²) in [6, 6.07) is 9.57. The van der Waals surface area contributed by atoms with Crippen LogP contribution in [0.15, 0.2) is 42.5 Å². The van der Waals surface area contributed by atoms with E-state index in [1.807, 2.05) is 42.5 Å². The molecule has 1 aliphatic heterocycles. The van der Waals surface area contributed by atoms with E-state index in [-0.39, 0.29) is 18.7 Å². The second-order valence-corrected chi connectivity index (χ2v) is 7.05. The highest BCUT2D eigenvalue weighted by Gasteiger charge is 2.43. The van der Waals surface area contributed by atoms with E-state index in [2.05, 4.69) is 13.8 Å². The largest absolute Gasteiger partial charge is 0.465 e. The van der Waals surface area contributed by atoms with Crippen molar-refractivity contribution in [3.63, 3.8) is 0 Å². The second kappa shape index (κ2) is 9.41. The Labute approximate surface area is 156 Å². The molecule has 1 atom stereocenters. The van der Waals surface area contributed by atoms with Crippen LogP contribution >= 0.6 is 0 Å². The first-order valence-electron chi connectivity index (χ1n) is 9.29. The molecule has 1 unspecified atom stereocenters. The van der Waals surface area contributed by atoms with Crippen molar-refractivity contribution >= 4 is 12.1 Å². The predicted molar refractivity (Wildman–Crippen MR) is 100 cm³/mol. The molecule has 1 aromatic carbocycles. The first-order valence-corrected chi connectivity index (χ1v) is 9.29. The van der Waals surface area contributed by atoms with Crippen molar-refractivity contribution in [1.29, 1.82) is 0 Å². The van der Waals surface area contributed by atoms with Gasteiger partial charge in [0.2, 0.25) is 0 Å². The first-order chi connectivity index (χ1) is 12.5. The van der Waals surface area contributed by atoms with Crippen LogP contribution in [0.3, 0.4) is 0 Å². The molecule has 1 aromatic rings. The van der Waals surface area contributed by atoms with Gasteiger partial charge < -0.3 is 14.4 Å². The molecule has 0 radical (unpaired) electrons. The lowest BCUT2D eigenvalue weighted by Crippen LogP contribution is -2.49. The summed E-state index contributed by atoms with van der Waals surface area (Å²) in [5.74, 6) is 0.0548. The van der Waals surface area contributed by atoms with E-state index in [0.29, 0.717) is 32.0 Å². The van der Waals surface area contributed by atoms with Crippen LogP contribution < -0.4 is 0 Å². The molecule has 142 valence electrons. The van der Waals surface area contributed by atoms with E-state index in [4.69, 9.17) is 9.47 Å². The molecular formula is C21H29NO4. The van der Waals surface area contributed by atoms with Crippen molar-refractivity contribution in [3.05, 3.63) is 48.0 Å². The summed E-state index contributed by atoms with van der Waals surface area (Å²) in [6.07, 6.45) is 4.96. The summed E-state index contributed by atoms with van der Waals surface area (Å²) >= 11 is 0. The predicted octanol–water partition coefficient (Wildman–Crippen LogP) is 4.18. The Bertz CT molecular complexity index is 626. The summed E-state index contributed by atoms with van der Waals surface area (Å²) in [4.78, 5) is 26.8. The number of nitrogens with zero attached hydrogens (tertiary/aromatic N) is 1. The van der Waals surface area contributed by atoms with Gasteiger partial charge in [0.1, 0.15) is 12.0 Å². The van der Waals surface area contributed by atoms with E-state index < -0.39 is 5.41 Å². The minimum atomic E-state index is -0.787. The lowest BCUT2D eigenvalue weighted by Gasteiger charge is -2.38. The highest BCUT2D eigenvalue weighted by Crippen LogP contribution is 2.34. The highest BCUT2D eigenvalue weighted by molar-refractivity contribution is 5.81. The lowest BCUT2D eigenvalue weighted by molar-refractivity contribution is -0.154. The minimum Gasteiger partial charge on any atom is -0.465 e. The Balaban J connectivity index is 2.07. The quantitative estimate of drug-likeness (QED) is 0.565. The fourth-order valence-corrected chi connectivity index (χ4v) is 3.07. The number of esters is 1. The van der Waals surface area contributed by atoms with Crippen LogP contribution in [0, 0.1) is 11.3 Å². The number of hydrogen-bond acceptors (Lipinski definition) is 4. The number of carbonyl (C=O) groups excluding carboxylic acids is 2. The molecule has 1 saturated heterocycles. The molecule has 0 bridgehead atoms. The van der Waals surface area contributed by atoms with Gasteiger partial charge in [0.25, 0.3) is 0 Å². The summed E-state index contributed by atoms with van der Waals surface area (Å²) in [5, 5.41) is 0. The molecular weight excluding hydrogens is 330 g/mol. The van der Waals surface area contributed by atoms with E-state index in [9.17, 15) is 9.59 Å². The Morgan fingerprint density at radius 3 is 2.62 bits per heavy atom. The van der Waals surface area contributed by atoms with Gasteiger partial charge in [-0.2, -0.15) is 0 Å². The van der Waals surface area contributed by atoms with Crippen LogP contribution in [0.1, 0.15) is 39.2 Å². The number of amides is 1. The highest BCUT2D eigenvalue weighted by atomic mass is 16.6. The monoisotopic (exact) mass is 359 g/mol. The molecule has 1 aliphatic rings. The molecule has 1 heterocycles. The third kappa shape index (κ3) is 5.35. The van der Waals surface area contributed by atoms with Crippen LogP contribution in [0.25, 0.3) is 0 Å². The van der Waals surface area contributed by atoms with Gasteiger partial charge >= 0.3 is 12.1 Å². The number of allylic oxidation sites excluding steroid dienone is 1.